The van der Waals surface area contributed by atoms with Gasteiger partial charge in [-0.15, -0.1) is 11.3 Å². The lowest BCUT2D eigenvalue weighted by Gasteiger charge is -2.26. The molecule has 2 heterocycles. The third-order valence-corrected chi connectivity index (χ3v) is 4.84. The first-order chi connectivity index (χ1) is 10.6. The Labute approximate surface area is 133 Å². The Morgan fingerprint density at radius 2 is 2.36 bits per heavy atom. The molecule has 1 saturated carbocycles. The first-order valence-electron chi connectivity index (χ1n) is 7.35. The Balaban J connectivity index is 1.73. The molecule has 0 spiro atoms. The van der Waals surface area contributed by atoms with Gasteiger partial charge in [-0.3, -0.25) is 14.4 Å². The van der Waals surface area contributed by atoms with E-state index in [9.17, 15) is 4.79 Å². The van der Waals surface area contributed by atoms with Gasteiger partial charge in [-0.1, -0.05) is 0 Å². The quantitative estimate of drug-likeness (QED) is 0.763. The highest BCUT2D eigenvalue weighted by molar-refractivity contribution is 7.13. The molecule has 6 nitrogen and oxygen atoms in total. The summed E-state index contributed by atoms with van der Waals surface area (Å²) in [5, 5.41) is 7.20. The number of thiazole rings is 1. The fourth-order valence-corrected chi connectivity index (χ4v) is 3.31. The smallest absolute Gasteiger partial charge is 0.322 e. The Kier molecular flexibility index (Phi) is 4.26. The lowest BCUT2D eigenvalue weighted by atomic mass is 10.2. The third kappa shape index (κ3) is 3.20. The second kappa shape index (κ2) is 6.18. The number of aryl methyl sites for hydroxylation is 1. The van der Waals surface area contributed by atoms with Crippen LogP contribution in [0.15, 0.2) is 17.8 Å². The van der Waals surface area contributed by atoms with E-state index in [1.54, 1.807) is 16.0 Å². The number of aromatic nitrogens is 3. The summed E-state index contributed by atoms with van der Waals surface area (Å²) in [7, 11) is 3.33. The number of carbonyl (C=O) groups is 1. The molecule has 1 aliphatic rings. The number of ether oxygens (including phenoxy) is 1. The second-order valence-electron chi connectivity index (χ2n) is 5.65. The van der Waals surface area contributed by atoms with Crippen molar-refractivity contribution >= 4 is 17.3 Å². The SMILES string of the molecule is COC(=O)[C@H](C)N(Cc1csc(-c2cnn(C)c2)n1)C1CC1. The summed E-state index contributed by atoms with van der Waals surface area (Å²) < 4.78 is 6.65. The Bertz CT molecular complexity index is 662. The van der Waals surface area contributed by atoms with Crippen LogP contribution < -0.4 is 0 Å². The summed E-state index contributed by atoms with van der Waals surface area (Å²) in [4.78, 5) is 18.7. The summed E-state index contributed by atoms with van der Waals surface area (Å²) in [5.74, 6) is -0.186. The van der Waals surface area contributed by atoms with E-state index in [0.29, 0.717) is 12.6 Å². The maximum Gasteiger partial charge on any atom is 0.322 e. The van der Waals surface area contributed by atoms with E-state index >= 15 is 0 Å². The summed E-state index contributed by atoms with van der Waals surface area (Å²) in [5.41, 5.74) is 2.02. The van der Waals surface area contributed by atoms with Crippen LogP contribution in [0.1, 0.15) is 25.5 Å². The van der Waals surface area contributed by atoms with Gasteiger partial charge in [-0.05, 0) is 19.8 Å². The number of carbonyl (C=O) groups excluding carboxylic acids is 1. The van der Waals surface area contributed by atoms with Gasteiger partial charge in [0.15, 0.2) is 0 Å². The molecule has 22 heavy (non-hydrogen) atoms. The van der Waals surface area contributed by atoms with Crippen molar-refractivity contribution in [2.75, 3.05) is 7.11 Å². The fraction of sp³-hybridized carbons (Fsp3) is 0.533. The van der Waals surface area contributed by atoms with Crippen LogP contribution in [-0.4, -0.2) is 44.8 Å². The first kappa shape index (κ1) is 15.2. The molecule has 2 aromatic heterocycles. The highest BCUT2D eigenvalue weighted by Gasteiger charge is 2.35. The number of esters is 1. The van der Waals surface area contributed by atoms with Gasteiger partial charge in [0.25, 0.3) is 0 Å². The molecule has 3 rings (SSSR count). The van der Waals surface area contributed by atoms with Crippen molar-refractivity contribution in [3.63, 3.8) is 0 Å². The van der Waals surface area contributed by atoms with Crippen molar-refractivity contribution in [2.45, 2.75) is 38.4 Å². The number of hydrogen-bond acceptors (Lipinski definition) is 6. The minimum Gasteiger partial charge on any atom is -0.468 e. The van der Waals surface area contributed by atoms with Crippen LogP contribution >= 0.6 is 11.3 Å². The normalized spacial score (nSPS) is 16.0. The molecule has 1 aliphatic carbocycles. The number of hydrogen-bond donors (Lipinski definition) is 0. The van der Waals surface area contributed by atoms with E-state index in [1.807, 2.05) is 26.4 Å². The lowest BCUT2D eigenvalue weighted by Crippen LogP contribution is -2.40. The number of rotatable bonds is 6. The van der Waals surface area contributed by atoms with Gasteiger partial charge in [-0.2, -0.15) is 5.10 Å². The summed E-state index contributed by atoms with van der Waals surface area (Å²) in [6, 6.07) is 0.235. The molecule has 0 bridgehead atoms. The molecule has 0 unspecified atom stereocenters. The summed E-state index contributed by atoms with van der Waals surface area (Å²) >= 11 is 1.61. The highest BCUT2D eigenvalue weighted by Crippen LogP contribution is 2.31. The van der Waals surface area contributed by atoms with Gasteiger partial charge in [0.2, 0.25) is 0 Å². The molecule has 1 atom stereocenters. The predicted molar refractivity (Wildman–Crippen MR) is 84.4 cm³/mol. The van der Waals surface area contributed by atoms with E-state index < -0.39 is 0 Å². The summed E-state index contributed by atoms with van der Waals surface area (Å²) in [6.07, 6.45) is 6.05. The van der Waals surface area contributed by atoms with Crippen molar-refractivity contribution in [1.82, 2.24) is 19.7 Å². The molecule has 0 radical (unpaired) electrons. The Morgan fingerprint density at radius 3 is 2.95 bits per heavy atom. The van der Waals surface area contributed by atoms with Gasteiger partial charge in [0, 0.05) is 36.8 Å². The average Bonchev–Trinajstić information content (AvgIpc) is 3.09. The number of methoxy groups -OCH3 is 1. The van der Waals surface area contributed by atoms with Crippen molar-refractivity contribution in [3.05, 3.63) is 23.5 Å². The highest BCUT2D eigenvalue weighted by atomic mass is 32.1. The standard InChI is InChI=1S/C15H20N4O2S/c1-10(15(20)21-3)19(13-4-5-13)8-12-9-22-14(17-12)11-6-16-18(2)7-11/h6-7,9-10,13H,4-5,8H2,1-3H3/t10-/m0/s1. The molecule has 0 N–H and O–H groups in total. The van der Waals surface area contributed by atoms with Crippen LogP contribution in [0, 0.1) is 0 Å². The maximum atomic E-state index is 11.8. The van der Waals surface area contributed by atoms with Gasteiger partial charge in [-0.25, -0.2) is 4.98 Å². The minimum atomic E-state index is -0.235. The summed E-state index contributed by atoms with van der Waals surface area (Å²) in [6.45, 7) is 2.58. The Morgan fingerprint density at radius 1 is 1.59 bits per heavy atom. The van der Waals surface area contributed by atoms with Crippen LogP contribution in [0.25, 0.3) is 10.6 Å². The molecule has 0 amide bonds. The van der Waals surface area contributed by atoms with Crippen LogP contribution in [0.3, 0.4) is 0 Å². The zero-order chi connectivity index (χ0) is 15.7. The molecule has 1 fully saturated rings. The van der Waals surface area contributed by atoms with E-state index in [2.05, 4.69) is 20.4 Å². The molecular formula is C15H20N4O2S. The van der Waals surface area contributed by atoms with Gasteiger partial charge < -0.3 is 4.74 Å². The van der Waals surface area contributed by atoms with Crippen LogP contribution in [-0.2, 0) is 23.1 Å². The molecule has 2 aromatic rings. The van der Waals surface area contributed by atoms with Crippen LogP contribution in [0.4, 0.5) is 0 Å². The molecular weight excluding hydrogens is 300 g/mol. The molecule has 7 heteroatoms. The molecule has 0 aromatic carbocycles. The van der Waals surface area contributed by atoms with Gasteiger partial charge in [0.05, 0.1) is 19.0 Å². The Hall–Kier alpha value is -1.73. The van der Waals surface area contributed by atoms with Crippen molar-refractivity contribution in [3.8, 4) is 10.6 Å². The predicted octanol–water partition coefficient (Wildman–Crippen LogP) is 2.07. The van der Waals surface area contributed by atoms with Crippen LogP contribution in [0.2, 0.25) is 0 Å². The average molecular weight is 320 g/mol. The number of nitrogens with zero attached hydrogens (tertiary/aromatic N) is 4. The maximum absolute atomic E-state index is 11.8. The van der Waals surface area contributed by atoms with E-state index in [0.717, 1.165) is 29.1 Å². The molecule has 118 valence electrons. The van der Waals surface area contributed by atoms with Crippen LogP contribution in [0.5, 0.6) is 0 Å². The third-order valence-electron chi connectivity index (χ3n) is 3.90. The zero-order valence-corrected chi connectivity index (χ0v) is 13.8. The monoisotopic (exact) mass is 320 g/mol. The van der Waals surface area contributed by atoms with Crippen molar-refractivity contribution in [2.24, 2.45) is 7.05 Å². The fourth-order valence-electron chi connectivity index (χ4n) is 2.53. The van der Waals surface area contributed by atoms with E-state index in [4.69, 9.17) is 4.74 Å². The first-order valence-corrected chi connectivity index (χ1v) is 8.23. The largest absolute Gasteiger partial charge is 0.468 e. The van der Waals surface area contributed by atoms with Crippen molar-refractivity contribution < 1.29 is 9.53 Å². The molecule has 0 aliphatic heterocycles. The van der Waals surface area contributed by atoms with Gasteiger partial charge >= 0.3 is 5.97 Å². The van der Waals surface area contributed by atoms with Gasteiger partial charge in [0.1, 0.15) is 11.0 Å². The minimum absolute atomic E-state index is 0.186. The zero-order valence-electron chi connectivity index (χ0n) is 13.0. The molecule has 0 saturated heterocycles. The van der Waals surface area contributed by atoms with E-state index in [1.165, 1.54) is 7.11 Å². The topological polar surface area (TPSA) is 60.2 Å². The second-order valence-corrected chi connectivity index (χ2v) is 6.51. The lowest BCUT2D eigenvalue weighted by molar-refractivity contribution is -0.146. The van der Waals surface area contributed by atoms with Crippen molar-refractivity contribution in [1.29, 1.82) is 0 Å². The van der Waals surface area contributed by atoms with E-state index in [-0.39, 0.29) is 12.0 Å².